The molecule has 0 spiro atoms. The van der Waals surface area contributed by atoms with Crippen LogP contribution in [-0.2, 0) is 5.41 Å². The Morgan fingerprint density at radius 2 is 1.32 bits per heavy atom. The minimum absolute atomic E-state index is 0.0873. The lowest BCUT2D eigenvalue weighted by molar-refractivity contribution is 0.487. The Balaban J connectivity index is 1.84. The molecule has 1 aliphatic rings. The van der Waals surface area contributed by atoms with E-state index in [0.717, 1.165) is 22.4 Å². The Labute approximate surface area is 188 Å². The van der Waals surface area contributed by atoms with Crippen molar-refractivity contribution in [2.45, 2.75) is 65.7 Å². The molecule has 1 unspecified atom stereocenters. The van der Waals surface area contributed by atoms with Crippen molar-refractivity contribution < 1.29 is 9.05 Å². The van der Waals surface area contributed by atoms with Crippen LogP contribution in [0.15, 0.2) is 60.7 Å². The first-order chi connectivity index (χ1) is 14.7. The van der Waals surface area contributed by atoms with E-state index in [2.05, 4.69) is 97.0 Å². The van der Waals surface area contributed by atoms with E-state index >= 15 is 0 Å². The summed E-state index contributed by atoms with van der Waals surface area (Å²) in [6, 6.07) is 21.4. The van der Waals surface area contributed by atoms with Gasteiger partial charge in [0.1, 0.15) is 11.5 Å². The quantitative estimate of drug-likeness (QED) is 0.386. The van der Waals surface area contributed by atoms with Gasteiger partial charge in [-0.1, -0.05) is 97.0 Å². The van der Waals surface area contributed by atoms with Crippen molar-refractivity contribution in [3.05, 3.63) is 77.4 Å². The topological polar surface area (TPSA) is 18.5 Å². The first kappa shape index (κ1) is 21.9. The molecule has 0 aromatic heterocycles. The van der Waals surface area contributed by atoms with Crippen LogP contribution in [0.4, 0.5) is 0 Å². The third-order valence-electron chi connectivity index (χ3n) is 5.89. The fourth-order valence-electron chi connectivity index (χ4n) is 3.99. The Hall–Kier alpha value is -2.31. The number of hydrogen-bond donors (Lipinski definition) is 0. The van der Waals surface area contributed by atoms with E-state index in [0.29, 0.717) is 11.8 Å². The van der Waals surface area contributed by atoms with Crippen molar-refractivity contribution >= 4 is 13.7 Å². The third-order valence-corrected chi connectivity index (χ3v) is 7.38. The van der Waals surface area contributed by atoms with Gasteiger partial charge in [-0.2, -0.15) is 0 Å². The van der Waals surface area contributed by atoms with Gasteiger partial charge in [0.25, 0.3) is 0 Å². The monoisotopic (exact) mass is 432 g/mol. The van der Waals surface area contributed by atoms with E-state index in [9.17, 15) is 0 Å². The van der Waals surface area contributed by atoms with Crippen LogP contribution in [0.2, 0.25) is 0 Å². The number of rotatable bonds is 4. The second-order valence-corrected chi connectivity index (χ2v) is 11.4. The lowest BCUT2D eigenvalue weighted by Gasteiger charge is -2.31. The van der Waals surface area contributed by atoms with Crippen LogP contribution in [0.5, 0.6) is 11.5 Å². The average Bonchev–Trinajstić information content (AvgIpc) is 2.72. The Kier molecular flexibility index (Phi) is 5.88. The fourth-order valence-corrected chi connectivity index (χ4v) is 5.54. The fraction of sp³-hybridized carbons (Fsp3) is 0.357. The Bertz CT molecular complexity index is 1060. The summed E-state index contributed by atoms with van der Waals surface area (Å²) in [5, 5.41) is 1.14. The van der Waals surface area contributed by atoms with Gasteiger partial charge in [-0.25, -0.2) is 0 Å². The summed E-state index contributed by atoms with van der Waals surface area (Å²) in [5.41, 5.74) is 6.31. The molecule has 1 aliphatic heterocycles. The Morgan fingerprint density at radius 1 is 0.774 bits per heavy atom. The van der Waals surface area contributed by atoms with Crippen LogP contribution >= 0.6 is 8.38 Å². The zero-order chi connectivity index (χ0) is 22.3. The van der Waals surface area contributed by atoms with E-state index in [4.69, 9.17) is 9.05 Å². The summed E-state index contributed by atoms with van der Waals surface area (Å²) in [6.45, 7) is 15.8. The van der Waals surface area contributed by atoms with Gasteiger partial charge in [-0.15, -0.1) is 0 Å². The number of benzene rings is 3. The SMILES string of the molecule is CC(C)c1cc(C(C)(C)C)cc(C(C)C)c1OP1Oc2ccccc2-c2ccccc21. The summed E-state index contributed by atoms with van der Waals surface area (Å²) in [4.78, 5) is 0. The van der Waals surface area contributed by atoms with Gasteiger partial charge in [0, 0.05) is 5.56 Å². The molecule has 3 heteroatoms. The van der Waals surface area contributed by atoms with E-state index in [1.54, 1.807) is 0 Å². The highest BCUT2D eigenvalue weighted by molar-refractivity contribution is 7.57. The lowest BCUT2D eigenvalue weighted by atomic mass is 9.81. The van der Waals surface area contributed by atoms with Crippen molar-refractivity contribution in [2.24, 2.45) is 0 Å². The maximum absolute atomic E-state index is 6.83. The molecule has 0 amide bonds. The molecule has 0 aliphatic carbocycles. The van der Waals surface area contributed by atoms with Gasteiger partial charge in [0.05, 0.1) is 5.30 Å². The molecule has 3 aromatic carbocycles. The number of fused-ring (bicyclic) bond motifs is 3. The maximum atomic E-state index is 6.83. The predicted octanol–water partition coefficient (Wildman–Crippen LogP) is 8.31. The number of para-hydroxylation sites is 1. The predicted molar refractivity (Wildman–Crippen MR) is 133 cm³/mol. The maximum Gasteiger partial charge on any atom is 0.326 e. The smallest absolute Gasteiger partial charge is 0.326 e. The largest absolute Gasteiger partial charge is 0.435 e. The minimum atomic E-state index is -1.27. The van der Waals surface area contributed by atoms with Crippen LogP contribution in [-0.4, -0.2) is 0 Å². The molecule has 4 rings (SSSR count). The molecule has 1 heterocycles. The Morgan fingerprint density at radius 3 is 1.90 bits per heavy atom. The molecule has 3 aromatic rings. The molecular weight excluding hydrogens is 399 g/mol. The van der Waals surface area contributed by atoms with Crippen LogP contribution < -0.4 is 14.4 Å². The van der Waals surface area contributed by atoms with Crippen molar-refractivity contribution in [3.63, 3.8) is 0 Å². The summed E-state index contributed by atoms with van der Waals surface area (Å²) in [5.74, 6) is 2.61. The molecule has 1 atom stereocenters. The lowest BCUT2D eigenvalue weighted by Crippen LogP contribution is -2.19. The first-order valence-electron chi connectivity index (χ1n) is 11.2. The van der Waals surface area contributed by atoms with E-state index in [-0.39, 0.29) is 5.41 Å². The van der Waals surface area contributed by atoms with Crippen molar-refractivity contribution in [1.29, 1.82) is 0 Å². The third kappa shape index (κ3) is 4.23. The molecular formula is C28H33O2P. The first-order valence-corrected chi connectivity index (χ1v) is 12.4. The summed E-state index contributed by atoms with van der Waals surface area (Å²) >= 11 is 0. The average molecular weight is 433 g/mol. The minimum Gasteiger partial charge on any atom is -0.435 e. The molecule has 0 bridgehead atoms. The van der Waals surface area contributed by atoms with Crippen molar-refractivity contribution in [2.75, 3.05) is 0 Å². The second-order valence-electron chi connectivity index (χ2n) is 10.00. The van der Waals surface area contributed by atoms with Crippen molar-refractivity contribution in [3.8, 4) is 22.6 Å². The molecule has 31 heavy (non-hydrogen) atoms. The molecule has 0 saturated heterocycles. The summed E-state index contributed by atoms with van der Waals surface area (Å²) in [6.07, 6.45) is 0. The standard InChI is InChI=1S/C28H33O2P/c1-18(2)23-16-20(28(5,6)7)17-24(19(3)4)27(23)30-31-26-15-11-9-13-22(26)21-12-8-10-14-25(21)29-31/h8-19H,1-7H3. The van der Waals surface area contributed by atoms with Crippen molar-refractivity contribution in [1.82, 2.24) is 0 Å². The molecule has 0 radical (unpaired) electrons. The summed E-state index contributed by atoms with van der Waals surface area (Å²) < 4.78 is 13.3. The molecule has 0 N–H and O–H groups in total. The molecule has 2 nitrogen and oxygen atoms in total. The van der Waals surface area contributed by atoms with Gasteiger partial charge in [0.15, 0.2) is 0 Å². The normalized spacial score (nSPS) is 15.5. The highest BCUT2D eigenvalue weighted by Gasteiger charge is 2.31. The van der Waals surface area contributed by atoms with E-state index in [1.165, 1.54) is 22.3 Å². The number of hydrogen-bond acceptors (Lipinski definition) is 2. The van der Waals surface area contributed by atoms with Crippen LogP contribution in [0.1, 0.15) is 77.0 Å². The second kappa shape index (κ2) is 8.32. The van der Waals surface area contributed by atoms with Crippen LogP contribution in [0.3, 0.4) is 0 Å². The van der Waals surface area contributed by atoms with E-state index in [1.807, 2.05) is 12.1 Å². The van der Waals surface area contributed by atoms with E-state index < -0.39 is 8.38 Å². The highest BCUT2D eigenvalue weighted by atomic mass is 31.2. The zero-order valence-corrected chi connectivity index (χ0v) is 20.6. The van der Waals surface area contributed by atoms with Gasteiger partial charge in [-0.3, -0.25) is 0 Å². The molecule has 162 valence electrons. The zero-order valence-electron chi connectivity index (χ0n) is 19.7. The molecule has 0 saturated carbocycles. The van der Waals surface area contributed by atoms with Crippen LogP contribution in [0, 0.1) is 0 Å². The highest BCUT2D eigenvalue weighted by Crippen LogP contribution is 2.52. The van der Waals surface area contributed by atoms with Gasteiger partial charge in [-0.05, 0) is 51.6 Å². The molecule has 0 fully saturated rings. The van der Waals surface area contributed by atoms with Crippen LogP contribution in [0.25, 0.3) is 11.1 Å². The summed E-state index contributed by atoms with van der Waals surface area (Å²) in [7, 11) is -1.27. The van der Waals surface area contributed by atoms with Gasteiger partial charge < -0.3 is 9.05 Å². The van der Waals surface area contributed by atoms with Gasteiger partial charge >= 0.3 is 8.38 Å². The van der Waals surface area contributed by atoms with Gasteiger partial charge in [0.2, 0.25) is 0 Å².